The summed E-state index contributed by atoms with van der Waals surface area (Å²) in [5.74, 6) is 1.27. The molecule has 90 valence electrons. The van der Waals surface area contributed by atoms with Crippen molar-refractivity contribution in [2.45, 2.75) is 24.5 Å². The number of hydrogen-bond donors (Lipinski definition) is 1. The van der Waals surface area contributed by atoms with Gasteiger partial charge >= 0.3 is 0 Å². The molecule has 17 heavy (non-hydrogen) atoms. The van der Waals surface area contributed by atoms with E-state index < -0.39 is 0 Å². The van der Waals surface area contributed by atoms with Crippen LogP contribution < -0.4 is 5.32 Å². The fraction of sp³-hybridized carbons (Fsp3) is 0.462. The molecule has 0 aliphatic carbocycles. The van der Waals surface area contributed by atoms with Crippen molar-refractivity contribution >= 4 is 28.9 Å². The van der Waals surface area contributed by atoms with Crippen LogP contribution in [-0.2, 0) is 0 Å². The lowest BCUT2D eigenvalue weighted by molar-refractivity contribution is 0.586. The summed E-state index contributed by atoms with van der Waals surface area (Å²) in [5.41, 5.74) is 1.76. The number of anilines is 1. The van der Waals surface area contributed by atoms with Gasteiger partial charge < -0.3 is 9.73 Å². The van der Waals surface area contributed by atoms with Crippen LogP contribution in [0.4, 0.5) is 6.01 Å². The van der Waals surface area contributed by atoms with Gasteiger partial charge in [0.05, 0.1) is 0 Å². The molecule has 3 rings (SSSR count). The summed E-state index contributed by atoms with van der Waals surface area (Å²) in [4.78, 5) is 4.42. The van der Waals surface area contributed by atoms with Gasteiger partial charge in [-0.15, -0.1) is 0 Å². The Bertz CT molecular complexity index is 484. The molecule has 0 radical (unpaired) electrons. The van der Waals surface area contributed by atoms with Gasteiger partial charge in [0, 0.05) is 11.3 Å². The minimum atomic E-state index is 0.334. The first kappa shape index (κ1) is 11.0. The Labute approximate surface area is 105 Å². The van der Waals surface area contributed by atoms with Crippen molar-refractivity contribution in [2.75, 3.05) is 17.6 Å². The lowest BCUT2D eigenvalue weighted by atomic mass is 10.1. The van der Waals surface area contributed by atoms with E-state index in [2.05, 4.69) is 17.2 Å². The number of oxazole rings is 1. The molecule has 2 aromatic rings. The van der Waals surface area contributed by atoms with Crippen LogP contribution >= 0.6 is 11.8 Å². The first-order chi connectivity index (χ1) is 8.25. The maximum Gasteiger partial charge on any atom is 0.295 e. The molecule has 0 amide bonds. The molecule has 4 heteroatoms. The number of thioether (sulfide) groups is 1. The molecule has 1 aliphatic rings. The van der Waals surface area contributed by atoms with E-state index >= 15 is 0 Å². The summed E-state index contributed by atoms with van der Waals surface area (Å²) in [6.07, 6.45) is 2.58. The summed E-state index contributed by atoms with van der Waals surface area (Å²) < 4.78 is 5.98. The summed E-state index contributed by atoms with van der Waals surface area (Å²) in [6, 6.07) is 8.49. The van der Waals surface area contributed by atoms with E-state index in [1.54, 1.807) is 0 Å². The highest BCUT2D eigenvalue weighted by molar-refractivity contribution is 8.00. The van der Waals surface area contributed by atoms with Gasteiger partial charge in [0.15, 0.2) is 5.58 Å². The maximum atomic E-state index is 5.64. The Hall–Kier alpha value is -1.16. The normalized spacial score (nSPS) is 24.3. The van der Waals surface area contributed by atoms with E-state index in [9.17, 15) is 0 Å². The molecule has 1 fully saturated rings. The molecule has 1 aliphatic heterocycles. The summed E-state index contributed by atoms with van der Waals surface area (Å²) in [5, 5.41) is 3.32. The van der Waals surface area contributed by atoms with Crippen LogP contribution in [0.15, 0.2) is 28.7 Å². The van der Waals surface area contributed by atoms with Gasteiger partial charge in [-0.2, -0.15) is 16.7 Å². The van der Waals surface area contributed by atoms with Gasteiger partial charge in [-0.25, -0.2) is 0 Å². The van der Waals surface area contributed by atoms with E-state index in [-0.39, 0.29) is 0 Å². The number of fused-ring (bicyclic) bond motifs is 1. The van der Waals surface area contributed by atoms with Crippen LogP contribution in [0.3, 0.4) is 0 Å². The smallest absolute Gasteiger partial charge is 0.295 e. The fourth-order valence-electron chi connectivity index (χ4n) is 2.19. The topological polar surface area (TPSA) is 38.1 Å². The highest BCUT2D eigenvalue weighted by Crippen LogP contribution is 2.37. The van der Waals surface area contributed by atoms with Crippen molar-refractivity contribution in [2.24, 2.45) is 0 Å². The number of hydrogen-bond acceptors (Lipinski definition) is 4. The SMILES string of the molecule is CC1(CNc2nc3ccccc3o2)CCCS1. The Balaban J connectivity index is 1.72. The standard InChI is InChI=1S/C13H16N2OS/c1-13(7-4-8-17-13)9-14-12-15-10-5-2-3-6-11(10)16-12/h2-3,5-6H,4,7-9H2,1H3,(H,14,15). The molecule has 3 nitrogen and oxygen atoms in total. The zero-order valence-electron chi connectivity index (χ0n) is 9.90. The van der Waals surface area contributed by atoms with Gasteiger partial charge in [-0.1, -0.05) is 12.1 Å². The Morgan fingerprint density at radius 1 is 1.47 bits per heavy atom. The summed E-state index contributed by atoms with van der Waals surface area (Å²) >= 11 is 2.04. The molecule has 0 spiro atoms. The van der Waals surface area contributed by atoms with Crippen LogP contribution in [-0.4, -0.2) is 22.0 Å². The molecule has 1 N–H and O–H groups in total. The number of rotatable bonds is 3. The molecule has 1 atom stereocenters. The van der Waals surface area contributed by atoms with Crippen molar-refractivity contribution in [3.63, 3.8) is 0 Å². The zero-order valence-corrected chi connectivity index (χ0v) is 10.7. The highest BCUT2D eigenvalue weighted by Gasteiger charge is 2.29. The van der Waals surface area contributed by atoms with Gasteiger partial charge in [0.1, 0.15) is 5.52 Å². The molecular weight excluding hydrogens is 232 g/mol. The molecule has 1 saturated heterocycles. The van der Waals surface area contributed by atoms with Crippen molar-refractivity contribution in [3.8, 4) is 0 Å². The second kappa shape index (κ2) is 4.26. The quantitative estimate of drug-likeness (QED) is 0.901. The van der Waals surface area contributed by atoms with Crippen LogP contribution in [0.1, 0.15) is 19.8 Å². The third-order valence-corrected chi connectivity index (χ3v) is 4.75. The van der Waals surface area contributed by atoms with E-state index in [0.717, 1.165) is 17.6 Å². The lowest BCUT2D eigenvalue weighted by Gasteiger charge is -2.21. The minimum Gasteiger partial charge on any atom is -0.424 e. The molecular formula is C13H16N2OS. The van der Waals surface area contributed by atoms with Crippen molar-refractivity contribution in [1.29, 1.82) is 0 Å². The monoisotopic (exact) mass is 248 g/mol. The average Bonchev–Trinajstić information content (AvgIpc) is 2.93. The van der Waals surface area contributed by atoms with Crippen molar-refractivity contribution in [3.05, 3.63) is 24.3 Å². The molecule has 1 aromatic carbocycles. The number of para-hydroxylation sites is 2. The van der Waals surface area contributed by atoms with E-state index in [4.69, 9.17) is 4.42 Å². The minimum absolute atomic E-state index is 0.334. The van der Waals surface area contributed by atoms with E-state index in [1.165, 1.54) is 18.6 Å². The lowest BCUT2D eigenvalue weighted by Crippen LogP contribution is -2.27. The molecule has 1 aromatic heterocycles. The maximum absolute atomic E-state index is 5.64. The second-order valence-corrected chi connectivity index (χ2v) is 6.42. The largest absolute Gasteiger partial charge is 0.424 e. The van der Waals surface area contributed by atoms with Crippen molar-refractivity contribution in [1.82, 2.24) is 4.98 Å². The van der Waals surface area contributed by atoms with Crippen LogP contribution in [0.5, 0.6) is 0 Å². The van der Waals surface area contributed by atoms with Gasteiger partial charge in [0.2, 0.25) is 0 Å². The third kappa shape index (κ3) is 2.27. The summed E-state index contributed by atoms with van der Waals surface area (Å²) in [6.45, 7) is 3.23. The van der Waals surface area contributed by atoms with Gasteiger partial charge in [-0.05, 0) is 37.7 Å². The Kier molecular flexibility index (Phi) is 2.74. The first-order valence-corrected chi connectivity index (χ1v) is 6.97. The third-order valence-electron chi connectivity index (χ3n) is 3.21. The second-order valence-electron chi connectivity index (χ2n) is 4.74. The number of nitrogens with one attached hydrogen (secondary N) is 1. The predicted molar refractivity (Wildman–Crippen MR) is 72.6 cm³/mol. The number of nitrogens with zero attached hydrogens (tertiary/aromatic N) is 1. The molecule has 0 saturated carbocycles. The van der Waals surface area contributed by atoms with E-state index in [1.807, 2.05) is 36.0 Å². The first-order valence-electron chi connectivity index (χ1n) is 5.99. The number of benzene rings is 1. The highest BCUT2D eigenvalue weighted by atomic mass is 32.2. The Morgan fingerprint density at radius 3 is 3.12 bits per heavy atom. The molecule has 0 bridgehead atoms. The molecule has 1 unspecified atom stereocenters. The van der Waals surface area contributed by atoms with Crippen LogP contribution in [0.2, 0.25) is 0 Å². The molecule has 2 heterocycles. The summed E-state index contributed by atoms with van der Waals surface area (Å²) in [7, 11) is 0. The number of aromatic nitrogens is 1. The average molecular weight is 248 g/mol. The fourth-order valence-corrected chi connectivity index (χ4v) is 3.43. The van der Waals surface area contributed by atoms with Gasteiger partial charge in [0.25, 0.3) is 6.01 Å². The van der Waals surface area contributed by atoms with Crippen LogP contribution in [0, 0.1) is 0 Å². The zero-order chi connectivity index (χ0) is 11.7. The van der Waals surface area contributed by atoms with Crippen molar-refractivity contribution < 1.29 is 4.42 Å². The van der Waals surface area contributed by atoms with Crippen LogP contribution in [0.25, 0.3) is 11.1 Å². The Morgan fingerprint density at radius 2 is 2.35 bits per heavy atom. The van der Waals surface area contributed by atoms with E-state index in [0.29, 0.717) is 10.8 Å². The predicted octanol–water partition coefficient (Wildman–Crippen LogP) is 3.53. The van der Waals surface area contributed by atoms with Gasteiger partial charge in [-0.3, -0.25) is 0 Å².